The number of hydrogen-bond acceptors (Lipinski definition) is 1. The summed E-state index contributed by atoms with van der Waals surface area (Å²) in [7, 11) is 0. The van der Waals surface area contributed by atoms with Gasteiger partial charge in [-0.3, -0.25) is 4.79 Å². The zero-order valence-electron chi connectivity index (χ0n) is 13.4. The maximum atomic E-state index is 11.7. The number of H-pyrrole nitrogens is 1. The van der Waals surface area contributed by atoms with E-state index < -0.39 is 0 Å². The van der Waals surface area contributed by atoms with Gasteiger partial charge in [0, 0.05) is 28.1 Å². The molecule has 2 nitrogen and oxygen atoms in total. The number of benzene rings is 2. The van der Waals surface area contributed by atoms with Gasteiger partial charge in [-0.05, 0) is 42.2 Å². The largest absolute Gasteiger partial charge is 0.357 e. The molecular weight excluding hydrogens is 282 g/mol. The molecule has 1 unspecified atom stereocenters. The lowest BCUT2D eigenvalue weighted by molar-refractivity contribution is 0.112. The zero-order chi connectivity index (χ0) is 16.0. The molecule has 0 saturated carbocycles. The summed E-state index contributed by atoms with van der Waals surface area (Å²) in [4.78, 5) is 15.2. The highest BCUT2D eigenvalue weighted by atomic mass is 16.1. The smallest absolute Gasteiger partial charge is 0.152 e. The number of carbonyl (C=O) groups excluding carboxylic acids is 1. The fourth-order valence-corrected chi connectivity index (χ4v) is 3.69. The summed E-state index contributed by atoms with van der Waals surface area (Å²) in [6.45, 7) is 4.23. The van der Waals surface area contributed by atoms with E-state index in [2.05, 4.69) is 67.4 Å². The molecule has 0 aliphatic heterocycles. The molecule has 0 amide bonds. The van der Waals surface area contributed by atoms with Gasteiger partial charge in [0.05, 0.1) is 0 Å². The number of fused-ring (bicyclic) bond motifs is 2. The predicted molar refractivity (Wildman–Crippen MR) is 95.0 cm³/mol. The first-order valence-corrected chi connectivity index (χ1v) is 8.04. The molecule has 1 N–H and O–H groups in total. The highest BCUT2D eigenvalue weighted by Crippen LogP contribution is 2.40. The third-order valence-electron chi connectivity index (χ3n) is 4.91. The van der Waals surface area contributed by atoms with Crippen molar-refractivity contribution in [3.8, 4) is 0 Å². The first kappa shape index (κ1) is 14.0. The standard InChI is InChI=1S/C21H19NO/c1-13-7-10-20-18(11-13)19(12-23)21(22-20)14(2)16-9-8-15-5-3-4-6-17(15)16/h3-7,9-12,14,22H,8H2,1-2H3. The van der Waals surface area contributed by atoms with Gasteiger partial charge in [-0.15, -0.1) is 0 Å². The second-order valence-electron chi connectivity index (χ2n) is 6.36. The van der Waals surface area contributed by atoms with Crippen LogP contribution in [0.5, 0.6) is 0 Å². The fourth-order valence-electron chi connectivity index (χ4n) is 3.69. The molecule has 2 heteroatoms. The van der Waals surface area contributed by atoms with Gasteiger partial charge in [-0.25, -0.2) is 0 Å². The third-order valence-corrected chi connectivity index (χ3v) is 4.91. The molecule has 0 bridgehead atoms. The van der Waals surface area contributed by atoms with Crippen molar-refractivity contribution in [3.05, 3.63) is 76.5 Å². The van der Waals surface area contributed by atoms with E-state index in [1.165, 1.54) is 22.3 Å². The van der Waals surface area contributed by atoms with Crippen molar-refractivity contribution >= 4 is 22.8 Å². The Bertz CT molecular complexity index is 946. The molecule has 1 heterocycles. The van der Waals surface area contributed by atoms with Crippen LogP contribution in [0.1, 0.15) is 45.6 Å². The summed E-state index contributed by atoms with van der Waals surface area (Å²) < 4.78 is 0. The van der Waals surface area contributed by atoms with Gasteiger partial charge < -0.3 is 4.98 Å². The van der Waals surface area contributed by atoms with Crippen LogP contribution in [0.2, 0.25) is 0 Å². The van der Waals surface area contributed by atoms with Crippen LogP contribution >= 0.6 is 0 Å². The minimum absolute atomic E-state index is 0.173. The summed E-state index contributed by atoms with van der Waals surface area (Å²) in [5, 5.41) is 1.02. The number of aromatic nitrogens is 1. The number of allylic oxidation sites excluding steroid dienone is 2. The fraction of sp³-hybridized carbons (Fsp3) is 0.190. The van der Waals surface area contributed by atoms with Crippen LogP contribution in [0, 0.1) is 6.92 Å². The quantitative estimate of drug-likeness (QED) is 0.676. The highest BCUT2D eigenvalue weighted by Gasteiger charge is 2.24. The Hall–Kier alpha value is -2.61. The molecule has 1 aromatic heterocycles. The van der Waals surface area contributed by atoms with E-state index in [1.54, 1.807) is 0 Å². The van der Waals surface area contributed by atoms with E-state index in [0.717, 1.165) is 34.9 Å². The predicted octanol–water partition coefficient (Wildman–Crippen LogP) is 5.03. The van der Waals surface area contributed by atoms with Crippen molar-refractivity contribution in [1.29, 1.82) is 0 Å². The lowest BCUT2D eigenvalue weighted by atomic mass is 9.91. The van der Waals surface area contributed by atoms with Crippen LogP contribution in [0.4, 0.5) is 0 Å². The second kappa shape index (κ2) is 5.24. The average molecular weight is 301 g/mol. The second-order valence-corrected chi connectivity index (χ2v) is 6.36. The number of aromatic amines is 1. The van der Waals surface area contributed by atoms with E-state index >= 15 is 0 Å². The number of carbonyl (C=O) groups is 1. The Morgan fingerprint density at radius 2 is 2.00 bits per heavy atom. The van der Waals surface area contributed by atoms with Crippen molar-refractivity contribution in [2.24, 2.45) is 0 Å². The summed E-state index contributed by atoms with van der Waals surface area (Å²) in [5.74, 6) is 0.173. The van der Waals surface area contributed by atoms with Gasteiger partial charge in [0.2, 0.25) is 0 Å². The Kier molecular flexibility index (Phi) is 3.19. The first-order chi connectivity index (χ1) is 11.2. The molecule has 0 radical (unpaired) electrons. The van der Waals surface area contributed by atoms with Crippen molar-refractivity contribution in [2.45, 2.75) is 26.2 Å². The molecule has 1 atom stereocenters. The minimum Gasteiger partial charge on any atom is -0.357 e. The number of aldehydes is 1. The first-order valence-electron chi connectivity index (χ1n) is 8.04. The molecule has 1 aliphatic rings. The average Bonchev–Trinajstić information content (AvgIpc) is 3.15. The molecular formula is C21H19NO. The summed E-state index contributed by atoms with van der Waals surface area (Å²) in [6, 6.07) is 14.8. The summed E-state index contributed by atoms with van der Waals surface area (Å²) >= 11 is 0. The number of hydrogen-bond donors (Lipinski definition) is 1. The van der Waals surface area contributed by atoms with Crippen LogP contribution in [0.25, 0.3) is 16.5 Å². The number of nitrogens with one attached hydrogen (secondary N) is 1. The van der Waals surface area contributed by atoms with Gasteiger partial charge in [-0.2, -0.15) is 0 Å². The Balaban J connectivity index is 1.85. The molecule has 4 rings (SSSR count). The van der Waals surface area contributed by atoms with Crippen LogP contribution < -0.4 is 0 Å². The van der Waals surface area contributed by atoms with Crippen molar-refractivity contribution in [3.63, 3.8) is 0 Å². The van der Waals surface area contributed by atoms with E-state index in [1.807, 2.05) is 0 Å². The lowest BCUT2D eigenvalue weighted by Gasteiger charge is -2.14. The SMILES string of the molecule is Cc1ccc2[nH]c(C(C)C3=CCc4ccccc43)c(C=O)c2c1. The van der Waals surface area contributed by atoms with Gasteiger partial charge >= 0.3 is 0 Å². The van der Waals surface area contributed by atoms with Crippen molar-refractivity contribution < 1.29 is 4.79 Å². The zero-order valence-corrected chi connectivity index (χ0v) is 13.4. The molecule has 1 aliphatic carbocycles. The van der Waals surface area contributed by atoms with Gasteiger partial charge in [0.15, 0.2) is 6.29 Å². The molecule has 114 valence electrons. The van der Waals surface area contributed by atoms with Gasteiger partial charge in [-0.1, -0.05) is 48.9 Å². The van der Waals surface area contributed by atoms with Crippen LogP contribution in [-0.4, -0.2) is 11.3 Å². The van der Waals surface area contributed by atoms with E-state index in [-0.39, 0.29) is 5.92 Å². The van der Waals surface area contributed by atoms with Crippen molar-refractivity contribution in [1.82, 2.24) is 4.98 Å². The Labute approximate surface area is 135 Å². The van der Waals surface area contributed by atoms with E-state index in [0.29, 0.717) is 0 Å². The van der Waals surface area contributed by atoms with Crippen LogP contribution in [0.15, 0.2) is 48.5 Å². The van der Waals surface area contributed by atoms with Gasteiger partial charge in [0.25, 0.3) is 0 Å². The summed E-state index contributed by atoms with van der Waals surface area (Å²) in [6.07, 6.45) is 4.26. The maximum Gasteiger partial charge on any atom is 0.152 e. The molecule has 3 aromatic rings. The van der Waals surface area contributed by atoms with Crippen molar-refractivity contribution in [2.75, 3.05) is 0 Å². The number of aryl methyl sites for hydroxylation is 1. The van der Waals surface area contributed by atoms with Gasteiger partial charge in [0.1, 0.15) is 0 Å². The molecule has 23 heavy (non-hydrogen) atoms. The normalized spacial score (nSPS) is 14.6. The number of rotatable bonds is 3. The lowest BCUT2D eigenvalue weighted by Crippen LogP contribution is -2.00. The van der Waals surface area contributed by atoms with E-state index in [4.69, 9.17) is 0 Å². The minimum atomic E-state index is 0.173. The Morgan fingerprint density at radius 1 is 1.17 bits per heavy atom. The summed E-state index contributed by atoms with van der Waals surface area (Å²) in [5.41, 5.74) is 8.01. The third kappa shape index (κ3) is 2.14. The molecule has 0 fully saturated rings. The van der Waals surface area contributed by atoms with E-state index in [9.17, 15) is 4.79 Å². The molecule has 0 spiro atoms. The maximum absolute atomic E-state index is 11.7. The van der Waals surface area contributed by atoms with Crippen LogP contribution in [-0.2, 0) is 6.42 Å². The molecule has 0 saturated heterocycles. The highest BCUT2D eigenvalue weighted by molar-refractivity contribution is 6.00. The molecule has 2 aromatic carbocycles. The monoisotopic (exact) mass is 301 g/mol. The van der Waals surface area contributed by atoms with Crippen LogP contribution in [0.3, 0.4) is 0 Å². The Morgan fingerprint density at radius 3 is 2.83 bits per heavy atom. The topological polar surface area (TPSA) is 32.9 Å².